The van der Waals surface area contributed by atoms with Crippen molar-refractivity contribution in [2.75, 3.05) is 31.0 Å². The fourth-order valence-electron chi connectivity index (χ4n) is 2.92. The Kier molecular flexibility index (Phi) is 5.46. The Hall–Kier alpha value is -2.54. The summed E-state index contributed by atoms with van der Waals surface area (Å²) >= 11 is 3.41. The van der Waals surface area contributed by atoms with E-state index in [1.54, 1.807) is 30.2 Å². The number of nitrogens with one attached hydrogen (secondary N) is 1. The molecule has 0 aromatic heterocycles. The number of anilines is 2. The minimum absolute atomic E-state index is 0.110. The number of carbonyl (C=O) groups excluding carboxylic acids is 2. The monoisotopic (exact) mass is 418 g/mol. The van der Waals surface area contributed by atoms with Crippen LogP contribution >= 0.6 is 15.9 Å². The summed E-state index contributed by atoms with van der Waals surface area (Å²) < 4.78 is 11.4. The molecule has 1 saturated heterocycles. The van der Waals surface area contributed by atoms with Gasteiger partial charge in [0.05, 0.1) is 31.5 Å². The predicted octanol–water partition coefficient (Wildman–Crippen LogP) is 3.46. The predicted molar refractivity (Wildman–Crippen MR) is 103 cm³/mol. The van der Waals surface area contributed by atoms with Crippen LogP contribution in [0.15, 0.2) is 46.9 Å². The molecule has 1 aliphatic heterocycles. The molecular weight excluding hydrogens is 400 g/mol. The highest BCUT2D eigenvalue weighted by molar-refractivity contribution is 9.10. The van der Waals surface area contributed by atoms with E-state index in [4.69, 9.17) is 9.47 Å². The quantitative estimate of drug-likeness (QED) is 0.806. The number of benzene rings is 2. The number of halogens is 1. The van der Waals surface area contributed by atoms with Gasteiger partial charge in [0.25, 0.3) is 0 Å². The standard InChI is InChI=1S/C19H19BrN2O4/c1-25-13-7-8-16(17(10-13)26-2)22-11-12(9-18(22)23)19(24)21-15-6-4-3-5-14(15)20/h3-8,10,12H,9,11H2,1-2H3,(H,21,24). The molecule has 2 aromatic carbocycles. The first kappa shape index (κ1) is 18.3. The molecule has 0 radical (unpaired) electrons. The first-order valence-electron chi connectivity index (χ1n) is 8.11. The van der Waals surface area contributed by atoms with Gasteiger partial charge in [0.15, 0.2) is 0 Å². The lowest BCUT2D eigenvalue weighted by Crippen LogP contribution is -2.28. The van der Waals surface area contributed by atoms with Crippen molar-refractivity contribution in [3.8, 4) is 11.5 Å². The molecule has 2 aromatic rings. The molecule has 7 heteroatoms. The van der Waals surface area contributed by atoms with Gasteiger partial charge in [-0.3, -0.25) is 9.59 Å². The topological polar surface area (TPSA) is 67.9 Å². The van der Waals surface area contributed by atoms with Gasteiger partial charge in [0.2, 0.25) is 11.8 Å². The van der Waals surface area contributed by atoms with Crippen LogP contribution < -0.4 is 19.7 Å². The number of amides is 2. The molecule has 1 fully saturated rings. The van der Waals surface area contributed by atoms with Crippen molar-refractivity contribution < 1.29 is 19.1 Å². The van der Waals surface area contributed by atoms with Crippen molar-refractivity contribution in [1.82, 2.24) is 0 Å². The number of nitrogens with zero attached hydrogens (tertiary/aromatic N) is 1. The number of para-hydroxylation sites is 1. The number of ether oxygens (including phenoxy) is 2. The third kappa shape index (κ3) is 3.67. The summed E-state index contributed by atoms with van der Waals surface area (Å²) in [5, 5.41) is 2.88. The van der Waals surface area contributed by atoms with E-state index in [1.807, 2.05) is 24.3 Å². The van der Waals surface area contributed by atoms with Gasteiger partial charge in [-0.15, -0.1) is 0 Å². The van der Waals surface area contributed by atoms with Gasteiger partial charge in [0, 0.05) is 23.5 Å². The van der Waals surface area contributed by atoms with Crippen molar-refractivity contribution in [2.24, 2.45) is 5.92 Å². The summed E-state index contributed by atoms with van der Waals surface area (Å²) in [6, 6.07) is 12.6. The van der Waals surface area contributed by atoms with Gasteiger partial charge in [0.1, 0.15) is 11.5 Å². The lowest BCUT2D eigenvalue weighted by molar-refractivity contribution is -0.122. The van der Waals surface area contributed by atoms with Crippen molar-refractivity contribution in [3.63, 3.8) is 0 Å². The zero-order valence-electron chi connectivity index (χ0n) is 14.5. The van der Waals surface area contributed by atoms with Crippen LogP contribution in [-0.2, 0) is 9.59 Å². The van der Waals surface area contributed by atoms with Gasteiger partial charge < -0.3 is 19.7 Å². The fourth-order valence-corrected chi connectivity index (χ4v) is 3.31. The Morgan fingerprint density at radius 1 is 1.19 bits per heavy atom. The molecule has 0 spiro atoms. The van der Waals surface area contributed by atoms with Gasteiger partial charge in [-0.05, 0) is 40.2 Å². The number of rotatable bonds is 5. The highest BCUT2D eigenvalue weighted by atomic mass is 79.9. The normalized spacial score (nSPS) is 16.5. The van der Waals surface area contributed by atoms with E-state index < -0.39 is 5.92 Å². The summed E-state index contributed by atoms with van der Waals surface area (Å²) in [4.78, 5) is 26.6. The van der Waals surface area contributed by atoms with Crippen LogP contribution in [0, 0.1) is 5.92 Å². The maximum atomic E-state index is 12.6. The van der Waals surface area contributed by atoms with Crippen LogP contribution in [0.3, 0.4) is 0 Å². The van der Waals surface area contributed by atoms with E-state index in [-0.39, 0.29) is 18.2 Å². The second-order valence-corrected chi connectivity index (χ2v) is 6.77. The Morgan fingerprint density at radius 3 is 2.65 bits per heavy atom. The average Bonchev–Trinajstić information content (AvgIpc) is 3.04. The fraction of sp³-hybridized carbons (Fsp3) is 0.263. The highest BCUT2D eigenvalue weighted by Gasteiger charge is 2.36. The lowest BCUT2D eigenvalue weighted by Gasteiger charge is -2.20. The third-order valence-corrected chi connectivity index (χ3v) is 5.00. The van der Waals surface area contributed by atoms with Crippen LogP contribution in [0.5, 0.6) is 11.5 Å². The highest BCUT2D eigenvalue weighted by Crippen LogP contribution is 2.36. The smallest absolute Gasteiger partial charge is 0.229 e. The Labute approximate surface area is 160 Å². The van der Waals surface area contributed by atoms with E-state index in [2.05, 4.69) is 21.2 Å². The van der Waals surface area contributed by atoms with E-state index in [0.717, 1.165) is 4.47 Å². The number of hydrogen-bond donors (Lipinski definition) is 1. The Morgan fingerprint density at radius 2 is 1.96 bits per heavy atom. The third-order valence-electron chi connectivity index (χ3n) is 4.31. The molecule has 0 saturated carbocycles. The maximum absolute atomic E-state index is 12.6. The molecule has 3 rings (SSSR count). The second-order valence-electron chi connectivity index (χ2n) is 5.91. The molecular formula is C19H19BrN2O4. The summed E-state index contributed by atoms with van der Waals surface area (Å²) in [5.74, 6) is 0.451. The molecule has 1 unspecified atom stereocenters. The molecule has 0 aliphatic carbocycles. The second kappa shape index (κ2) is 7.78. The molecule has 1 heterocycles. The van der Waals surface area contributed by atoms with E-state index in [1.165, 1.54) is 7.11 Å². The zero-order valence-corrected chi connectivity index (χ0v) is 16.1. The van der Waals surface area contributed by atoms with Crippen LogP contribution in [0.4, 0.5) is 11.4 Å². The van der Waals surface area contributed by atoms with Gasteiger partial charge >= 0.3 is 0 Å². The minimum Gasteiger partial charge on any atom is -0.497 e. The van der Waals surface area contributed by atoms with Gasteiger partial charge in [-0.1, -0.05) is 12.1 Å². The molecule has 2 amide bonds. The molecule has 136 valence electrons. The average molecular weight is 419 g/mol. The van der Waals surface area contributed by atoms with Crippen molar-refractivity contribution >= 4 is 39.1 Å². The number of hydrogen-bond acceptors (Lipinski definition) is 4. The SMILES string of the molecule is COc1ccc(N2CC(C(=O)Nc3ccccc3Br)CC2=O)c(OC)c1. The summed E-state index contributed by atoms with van der Waals surface area (Å²) in [6.45, 7) is 0.303. The lowest BCUT2D eigenvalue weighted by atomic mass is 10.1. The summed E-state index contributed by atoms with van der Waals surface area (Å²) in [7, 11) is 3.10. The van der Waals surface area contributed by atoms with Gasteiger partial charge in [-0.2, -0.15) is 0 Å². The van der Waals surface area contributed by atoms with Crippen LogP contribution in [0.2, 0.25) is 0 Å². The Bertz CT molecular complexity index is 840. The van der Waals surface area contributed by atoms with E-state index >= 15 is 0 Å². The van der Waals surface area contributed by atoms with Crippen molar-refractivity contribution in [2.45, 2.75) is 6.42 Å². The molecule has 1 atom stereocenters. The van der Waals surface area contributed by atoms with Crippen LogP contribution in [0.25, 0.3) is 0 Å². The molecule has 0 bridgehead atoms. The zero-order chi connectivity index (χ0) is 18.7. The minimum atomic E-state index is -0.429. The Balaban J connectivity index is 1.76. The largest absolute Gasteiger partial charge is 0.497 e. The summed E-state index contributed by atoms with van der Waals surface area (Å²) in [5.41, 5.74) is 1.32. The maximum Gasteiger partial charge on any atom is 0.229 e. The summed E-state index contributed by atoms with van der Waals surface area (Å²) in [6.07, 6.45) is 0.158. The molecule has 26 heavy (non-hydrogen) atoms. The van der Waals surface area contributed by atoms with Crippen LogP contribution in [0.1, 0.15) is 6.42 Å². The van der Waals surface area contributed by atoms with Crippen molar-refractivity contribution in [1.29, 1.82) is 0 Å². The van der Waals surface area contributed by atoms with Crippen LogP contribution in [-0.4, -0.2) is 32.6 Å². The number of carbonyl (C=O) groups is 2. The number of methoxy groups -OCH3 is 2. The molecule has 1 aliphatic rings. The first-order valence-corrected chi connectivity index (χ1v) is 8.90. The van der Waals surface area contributed by atoms with Gasteiger partial charge in [-0.25, -0.2) is 0 Å². The van der Waals surface area contributed by atoms with Crippen molar-refractivity contribution in [3.05, 3.63) is 46.9 Å². The molecule has 1 N–H and O–H groups in total. The molecule has 6 nitrogen and oxygen atoms in total. The van der Waals surface area contributed by atoms with E-state index in [9.17, 15) is 9.59 Å². The first-order chi connectivity index (χ1) is 12.5. The van der Waals surface area contributed by atoms with E-state index in [0.29, 0.717) is 29.4 Å².